The highest BCUT2D eigenvalue weighted by Crippen LogP contribution is 2.17. The second-order valence-corrected chi connectivity index (χ2v) is 5.03. The number of hydrogen-bond donors (Lipinski definition) is 2. The fraction of sp³-hybridized carbons (Fsp3) is 0.429. The monoisotopic (exact) mass is 297 g/mol. The smallest absolute Gasteiger partial charge is 0.248 e. The molecule has 5 nitrogen and oxygen atoms in total. The molecule has 0 saturated heterocycles. The van der Waals surface area contributed by atoms with Gasteiger partial charge in [0.15, 0.2) is 0 Å². The number of nitrogens with zero attached hydrogens (tertiary/aromatic N) is 1. The fourth-order valence-corrected chi connectivity index (χ4v) is 1.93. The first kappa shape index (κ1) is 16.5. The minimum Gasteiger partial charge on any atom is -0.366 e. The number of nitrogens with two attached hydrogens (primary N) is 1. The highest BCUT2D eigenvalue weighted by atomic mass is 35.5. The van der Waals surface area contributed by atoms with Gasteiger partial charge in [-0.3, -0.25) is 9.59 Å². The third kappa shape index (κ3) is 4.21. The van der Waals surface area contributed by atoms with Crippen molar-refractivity contribution in [3.8, 4) is 0 Å². The third-order valence-electron chi connectivity index (χ3n) is 3.16. The Balaban J connectivity index is 2.66. The molecule has 1 aromatic carbocycles. The molecule has 110 valence electrons. The molecule has 0 saturated carbocycles. The van der Waals surface area contributed by atoms with E-state index in [0.717, 1.165) is 5.56 Å². The van der Waals surface area contributed by atoms with Crippen LogP contribution >= 0.6 is 11.6 Å². The number of likely N-dealkylation sites (N-methyl/N-ethyl adjacent to an activating group) is 1. The molecule has 0 spiro atoms. The maximum Gasteiger partial charge on any atom is 0.248 e. The van der Waals surface area contributed by atoms with E-state index in [2.05, 4.69) is 5.32 Å². The number of carbonyl (C=O) groups is 2. The van der Waals surface area contributed by atoms with Gasteiger partial charge in [0.2, 0.25) is 11.8 Å². The van der Waals surface area contributed by atoms with Crippen molar-refractivity contribution in [1.82, 2.24) is 10.2 Å². The minimum atomic E-state index is -0.514. The van der Waals surface area contributed by atoms with E-state index in [1.165, 1.54) is 6.07 Å². The molecule has 1 atom stereocenters. The molecule has 0 aliphatic rings. The predicted octanol–water partition coefficient (Wildman–Crippen LogP) is 1.40. The van der Waals surface area contributed by atoms with Crippen molar-refractivity contribution in [2.75, 3.05) is 13.6 Å². The second kappa shape index (κ2) is 7.26. The Hall–Kier alpha value is -1.59. The molecular weight excluding hydrogens is 278 g/mol. The van der Waals surface area contributed by atoms with E-state index >= 15 is 0 Å². The lowest BCUT2D eigenvalue weighted by atomic mass is 10.1. The highest BCUT2D eigenvalue weighted by Gasteiger charge is 2.16. The molecule has 1 aromatic rings. The van der Waals surface area contributed by atoms with Crippen molar-refractivity contribution in [2.24, 2.45) is 5.73 Å². The number of halogens is 1. The topological polar surface area (TPSA) is 75.4 Å². The molecule has 0 radical (unpaired) electrons. The van der Waals surface area contributed by atoms with E-state index in [1.807, 2.05) is 6.92 Å². The number of rotatable bonds is 6. The van der Waals surface area contributed by atoms with Crippen LogP contribution in [0.25, 0.3) is 0 Å². The van der Waals surface area contributed by atoms with E-state index in [1.54, 1.807) is 31.0 Å². The van der Waals surface area contributed by atoms with Crippen molar-refractivity contribution in [1.29, 1.82) is 0 Å². The summed E-state index contributed by atoms with van der Waals surface area (Å²) in [6, 6.07) is 4.59. The molecule has 2 amide bonds. The van der Waals surface area contributed by atoms with Crippen LogP contribution in [0.15, 0.2) is 18.2 Å². The van der Waals surface area contributed by atoms with Crippen LogP contribution in [0.4, 0.5) is 0 Å². The van der Waals surface area contributed by atoms with Gasteiger partial charge in [-0.2, -0.15) is 0 Å². The third-order valence-corrected chi connectivity index (χ3v) is 3.51. The summed E-state index contributed by atoms with van der Waals surface area (Å²) < 4.78 is 0. The summed E-state index contributed by atoms with van der Waals surface area (Å²) in [5.41, 5.74) is 6.36. The van der Waals surface area contributed by atoms with Gasteiger partial charge in [-0.15, -0.1) is 0 Å². The standard InChI is InChI=1S/C14H20ClN3O2/c1-4-18(3)14(20)9(2)17-8-11-6-5-10(13(16)19)7-12(11)15/h5-7,9,17H,4,8H2,1-3H3,(H2,16,19). The second-order valence-electron chi connectivity index (χ2n) is 4.63. The van der Waals surface area contributed by atoms with Crippen LogP contribution in [0, 0.1) is 0 Å². The Morgan fingerprint density at radius 3 is 2.60 bits per heavy atom. The van der Waals surface area contributed by atoms with E-state index in [4.69, 9.17) is 17.3 Å². The van der Waals surface area contributed by atoms with Crippen LogP contribution in [0.2, 0.25) is 5.02 Å². The summed E-state index contributed by atoms with van der Waals surface area (Å²) in [4.78, 5) is 24.6. The summed E-state index contributed by atoms with van der Waals surface area (Å²) in [5.74, 6) is -0.489. The number of benzene rings is 1. The van der Waals surface area contributed by atoms with Crippen molar-refractivity contribution in [3.63, 3.8) is 0 Å². The quantitative estimate of drug-likeness (QED) is 0.833. The lowest BCUT2D eigenvalue weighted by Gasteiger charge is -2.20. The summed E-state index contributed by atoms with van der Waals surface area (Å²) in [7, 11) is 1.76. The van der Waals surface area contributed by atoms with Crippen molar-refractivity contribution >= 4 is 23.4 Å². The van der Waals surface area contributed by atoms with Gasteiger partial charge in [-0.25, -0.2) is 0 Å². The number of primary amides is 1. The van der Waals surface area contributed by atoms with Gasteiger partial charge in [0, 0.05) is 30.7 Å². The fourth-order valence-electron chi connectivity index (χ4n) is 1.68. The van der Waals surface area contributed by atoms with E-state index in [9.17, 15) is 9.59 Å². The molecule has 1 unspecified atom stereocenters. The maximum absolute atomic E-state index is 11.9. The Labute approximate surface area is 124 Å². The summed E-state index contributed by atoms with van der Waals surface area (Å²) in [5, 5.41) is 3.57. The van der Waals surface area contributed by atoms with Gasteiger partial charge >= 0.3 is 0 Å². The first-order chi connectivity index (χ1) is 9.36. The maximum atomic E-state index is 11.9. The van der Waals surface area contributed by atoms with Gasteiger partial charge < -0.3 is 16.0 Å². The average molecular weight is 298 g/mol. The van der Waals surface area contributed by atoms with Gasteiger partial charge in [-0.1, -0.05) is 17.7 Å². The normalized spacial score (nSPS) is 12.0. The van der Waals surface area contributed by atoms with E-state index < -0.39 is 5.91 Å². The molecule has 0 aromatic heterocycles. The zero-order valence-electron chi connectivity index (χ0n) is 11.9. The van der Waals surface area contributed by atoms with Crippen LogP contribution in [-0.4, -0.2) is 36.3 Å². The van der Waals surface area contributed by atoms with Crippen molar-refractivity contribution in [2.45, 2.75) is 26.4 Å². The molecular formula is C14H20ClN3O2. The summed E-state index contributed by atoms with van der Waals surface area (Å²) in [6.07, 6.45) is 0. The Bertz CT molecular complexity index is 505. The zero-order valence-corrected chi connectivity index (χ0v) is 12.7. The first-order valence-corrected chi connectivity index (χ1v) is 6.81. The van der Waals surface area contributed by atoms with E-state index in [0.29, 0.717) is 23.7 Å². The Morgan fingerprint density at radius 1 is 1.45 bits per heavy atom. The molecule has 0 heterocycles. The number of carbonyl (C=O) groups excluding carboxylic acids is 2. The lowest BCUT2D eigenvalue weighted by Crippen LogP contribution is -2.42. The van der Waals surface area contributed by atoms with Gasteiger partial charge in [0.05, 0.1) is 6.04 Å². The Morgan fingerprint density at radius 2 is 2.10 bits per heavy atom. The number of amides is 2. The summed E-state index contributed by atoms with van der Waals surface area (Å²) in [6.45, 7) is 4.84. The van der Waals surface area contributed by atoms with Crippen molar-refractivity contribution in [3.05, 3.63) is 34.3 Å². The number of hydrogen-bond acceptors (Lipinski definition) is 3. The minimum absolute atomic E-state index is 0.0254. The largest absolute Gasteiger partial charge is 0.366 e. The molecule has 0 aliphatic heterocycles. The van der Waals surface area contributed by atoms with Gasteiger partial charge in [0.1, 0.15) is 0 Å². The van der Waals surface area contributed by atoms with Crippen LogP contribution in [-0.2, 0) is 11.3 Å². The molecule has 0 bridgehead atoms. The van der Waals surface area contributed by atoms with Gasteiger partial charge in [-0.05, 0) is 31.5 Å². The lowest BCUT2D eigenvalue weighted by molar-refractivity contribution is -0.131. The van der Waals surface area contributed by atoms with Gasteiger partial charge in [0.25, 0.3) is 0 Å². The van der Waals surface area contributed by atoms with Crippen LogP contribution in [0.1, 0.15) is 29.8 Å². The highest BCUT2D eigenvalue weighted by molar-refractivity contribution is 6.31. The average Bonchev–Trinajstić information content (AvgIpc) is 2.43. The van der Waals surface area contributed by atoms with Crippen LogP contribution in [0.5, 0.6) is 0 Å². The molecule has 1 rings (SSSR count). The van der Waals surface area contributed by atoms with Crippen LogP contribution < -0.4 is 11.1 Å². The molecule has 20 heavy (non-hydrogen) atoms. The summed E-state index contributed by atoms with van der Waals surface area (Å²) >= 11 is 6.08. The first-order valence-electron chi connectivity index (χ1n) is 6.43. The van der Waals surface area contributed by atoms with Crippen molar-refractivity contribution < 1.29 is 9.59 Å². The zero-order chi connectivity index (χ0) is 15.3. The predicted molar refractivity (Wildman–Crippen MR) is 79.6 cm³/mol. The molecule has 6 heteroatoms. The Kier molecular flexibility index (Phi) is 5.98. The SMILES string of the molecule is CCN(C)C(=O)C(C)NCc1ccc(C(N)=O)cc1Cl. The van der Waals surface area contributed by atoms with E-state index in [-0.39, 0.29) is 11.9 Å². The molecule has 0 aliphatic carbocycles. The molecule has 0 fully saturated rings. The van der Waals surface area contributed by atoms with Crippen LogP contribution in [0.3, 0.4) is 0 Å². The molecule has 3 N–H and O–H groups in total. The number of nitrogens with one attached hydrogen (secondary N) is 1.